The van der Waals surface area contributed by atoms with Crippen LogP contribution in [0.2, 0.25) is 0 Å². The van der Waals surface area contributed by atoms with Crippen molar-refractivity contribution in [1.82, 2.24) is 0 Å². The zero-order valence-electron chi connectivity index (χ0n) is 14.9. The van der Waals surface area contributed by atoms with E-state index in [4.69, 9.17) is 14.0 Å². The van der Waals surface area contributed by atoms with E-state index in [1.54, 1.807) is 12.1 Å². The van der Waals surface area contributed by atoms with Gasteiger partial charge in [-0.3, -0.25) is 9.59 Å². The van der Waals surface area contributed by atoms with Gasteiger partial charge < -0.3 is 14.0 Å². The van der Waals surface area contributed by atoms with Crippen molar-refractivity contribution in [3.05, 3.63) is 12.1 Å². The highest BCUT2D eigenvalue weighted by Gasteiger charge is 2.50. The summed E-state index contributed by atoms with van der Waals surface area (Å²) in [7, 11) is 0.779. The third-order valence-electron chi connectivity index (χ3n) is 4.54. The van der Waals surface area contributed by atoms with Gasteiger partial charge in [0.15, 0.2) is 0 Å². The molecule has 5 nitrogen and oxygen atoms in total. The lowest BCUT2D eigenvalue weighted by Crippen LogP contribution is -2.41. The molecule has 1 fully saturated rings. The first-order chi connectivity index (χ1) is 9.84. The molecule has 0 spiro atoms. The van der Waals surface area contributed by atoms with Crippen molar-refractivity contribution in [1.29, 1.82) is 0 Å². The standard InChI is InChI=1S/C16H27BO5/c1-11(18)12(13(19)20-8)14(2,3)9-10-17-21-15(4,5)16(6,7)22-17/h9-10,12H,1-8H3/b10-9+. The van der Waals surface area contributed by atoms with Gasteiger partial charge in [0.1, 0.15) is 11.7 Å². The number of hydrogen-bond acceptors (Lipinski definition) is 5. The van der Waals surface area contributed by atoms with Crippen molar-refractivity contribution in [3.8, 4) is 0 Å². The van der Waals surface area contributed by atoms with Crippen LogP contribution >= 0.6 is 0 Å². The first-order valence-electron chi connectivity index (χ1n) is 7.47. The lowest BCUT2D eigenvalue weighted by molar-refractivity contribution is -0.152. The van der Waals surface area contributed by atoms with E-state index in [-0.39, 0.29) is 5.78 Å². The third-order valence-corrected chi connectivity index (χ3v) is 4.54. The van der Waals surface area contributed by atoms with Crippen LogP contribution in [-0.2, 0) is 23.6 Å². The van der Waals surface area contributed by atoms with E-state index in [0.29, 0.717) is 0 Å². The molecule has 1 rings (SSSR count). The Morgan fingerprint density at radius 3 is 1.95 bits per heavy atom. The number of methoxy groups -OCH3 is 1. The smallest absolute Gasteiger partial charge is 0.468 e. The van der Waals surface area contributed by atoms with Gasteiger partial charge in [0, 0.05) is 5.41 Å². The normalized spacial score (nSPS) is 21.9. The van der Waals surface area contributed by atoms with Gasteiger partial charge in [-0.25, -0.2) is 0 Å². The van der Waals surface area contributed by atoms with Gasteiger partial charge in [-0.05, 0) is 34.6 Å². The maximum atomic E-state index is 11.9. The molecule has 1 heterocycles. The van der Waals surface area contributed by atoms with E-state index < -0.39 is 35.6 Å². The highest BCUT2D eigenvalue weighted by Crippen LogP contribution is 2.38. The zero-order valence-corrected chi connectivity index (χ0v) is 14.9. The number of carbonyl (C=O) groups is 2. The molecule has 0 N–H and O–H groups in total. The minimum absolute atomic E-state index is 0.226. The summed E-state index contributed by atoms with van der Waals surface area (Å²) >= 11 is 0. The highest BCUT2D eigenvalue weighted by molar-refractivity contribution is 6.51. The fourth-order valence-electron chi connectivity index (χ4n) is 2.50. The van der Waals surface area contributed by atoms with Crippen molar-refractivity contribution in [2.45, 2.75) is 59.7 Å². The Labute approximate surface area is 133 Å². The molecule has 1 atom stereocenters. The zero-order chi connectivity index (χ0) is 17.3. The Morgan fingerprint density at radius 2 is 1.59 bits per heavy atom. The third kappa shape index (κ3) is 3.79. The molecule has 1 aliphatic rings. The largest absolute Gasteiger partial charge is 0.486 e. The molecule has 22 heavy (non-hydrogen) atoms. The monoisotopic (exact) mass is 310 g/mol. The molecule has 1 aliphatic heterocycles. The van der Waals surface area contributed by atoms with Crippen molar-refractivity contribution in [2.75, 3.05) is 7.11 Å². The summed E-state index contributed by atoms with van der Waals surface area (Å²) in [4.78, 5) is 23.7. The molecule has 0 aromatic carbocycles. The molecule has 0 amide bonds. The summed E-state index contributed by atoms with van der Waals surface area (Å²) in [5, 5.41) is 0. The maximum Gasteiger partial charge on any atom is 0.486 e. The van der Waals surface area contributed by atoms with Crippen LogP contribution in [0, 0.1) is 11.3 Å². The molecule has 0 aromatic rings. The lowest BCUT2D eigenvalue weighted by atomic mass is 9.73. The molecule has 6 heteroatoms. The Hall–Kier alpha value is -1.14. The highest BCUT2D eigenvalue weighted by atomic mass is 16.7. The molecule has 1 unspecified atom stereocenters. The van der Waals surface area contributed by atoms with Gasteiger partial charge >= 0.3 is 13.1 Å². The van der Waals surface area contributed by atoms with Crippen LogP contribution in [0.4, 0.5) is 0 Å². The number of Topliss-reactive ketones (excluding diaryl/α,β-unsaturated/α-hetero) is 1. The summed E-state index contributed by atoms with van der Waals surface area (Å²) in [5.41, 5.74) is -1.54. The second-order valence-corrected chi connectivity index (χ2v) is 7.37. The van der Waals surface area contributed by atoms with Crippen LogP contribution in [-0.4, -0.2) is 37.2 Å². The average molecular weight is 310 g/mol. The van der Waals surface area contributed by atoms with Crippen LogP contribution in [0.1, 0.15) is 48.5 Å². The minimum Gasteiger partial charge on any atom is -0.468 e. The fourth-order valence-corrected chi connectivity index (χ4v) is 2.50. The van der Waals surface area contributed by atoms with Crippen molar-refractivity contribution >= 4 is 18.9 Å². The van der Waals surface area contributed by atoms with Crippen LogP contribution in [0.5, 0.6) is 0 Å². The Balaban J connectivity index is 2.92. The molecule has 0 radical (unpaired) electrons. The predicted octanol–water partition coefficient (Wildman–Crippen LogP) is 2.58. The Morgan fingerprint density at radius 1 is 1.14 bits per heavy atom. The van der Waals surface area contributed by atoms with Crippen molar-refractivity contribution in [2.24, 2.45) is 11.3 Å². The maximum absolute atomic E-state index is 11.9. The SMILES string of the molecule is COC(=O)C(C(C)=O)C(C)(C)/C=C/B1OC(C)(C)C(C)(C)O1. The first-order valence-corrected chi connectivity index (χ1v) is 7.47. The van der Waals surface area contributed by atoms with E-state index in [0.717, 1.165) is 0 Å². The summed E-state index contributed by atoms with van der Waals surface area (Å²) in [6.07, 6.45) is 1.79. The number of ketones is 1. The number of rotatable bonds is 5. The molecule has 124 valence electrons. The number of hydrogen-bond donors (Lipinski definition) is 0. The molecule has 0 aliphatic carbocycles. The lowest BCUT2D eigenvalue weighted by Gasteiger charge is -2.32. The van der Waals surface area contributed by atoms with Crippen LogP contribution in [0.25, 0.3) is 0 Å². The first kappa shape index (κ1) is 18.9. The summed E-state index contributed by atoms with van der Waals surface area (Å²) < 4.78 is 16.5. The fraction of sp³-hybridized carbons (Fsp3) is 0.750. The van der Waals surface area contributed by atoms with E-state index in [1.165, 1.54) is 14.0 Å². The molecule has 0 aromatic heterocycles. The van der Waals surface area contributed by atoms with Gasteiger partial charge in [0.05, 0.1) is 18.3 Å². The quantitative estimate of drug-likeness (QED) is 0.444. The Kier molecular flexibility index (Phi) is 5.30. The summed E-state index contributed by atoms with van der Waals surface area (Å²) in [5.74, 6) is 0.151. The number of ether oxygens (including phenoxy) is 1. The van der Waals surface area contributed by atoms with Crippen molar-refractivity contribution < 1.29 is 23.6 Å². The van der Waals surface area contributed by atoms with Gasteiger partial charge in [0.2, 0.25) is 0 Å². The van der Waals surface area contributed by atoms with Gasteiger partial charge in [-0.2, -0.15) is 0 Å². The van der Waals surface area contributed by atoms with E-state index in [9.17, 15) is 9.59 Å². The van der Waals surface area contributed by atoms with Crippen LogP contribution < -0.4 is 0 Å². The predicted molar refractivity (Wildman–Crippen MR) is 85.2 cm³/mol. The average Bonchev–Trinajstić information content (AvgIpc) is 2.54. The molecule has 0 saturated carbocycles. The second-order valence-electron chi connectivity index (χ2n) is 7.37. The van der Waals surface area contributed by atoms with Gasteiger partial charge in [-0.1, -0.05) is 25.9 Å². The van der Waals surface area contributed by atoms with Gasteiger partial charge in [0.25, 0.3) is 0 Å². The number of esters is 1. The summed E-state index contributed by atoms with van der Waals surface area (Å²) in [6, 6.07) is 0. The van der Waals surface area contributed by atoms with E-state index in [2.05, 4.69) is 0 Å². The van der Waals surface area contributed by atoms with E-state index >= 15 is 0 Å². The minimum atomic E-state index is -0.851. The molecule has 0 bridgehead atoms. The second kappa shape index (κ2) is 6.16. The van der Waals surface area contributed by atoms with Crippen LogP contribution in [0.3, 0.4) is 0 Å². The van der Waals surface area contributed by atoms with Gasteiger partial charge in [-0.15, -0.1) is 0 Å². The van der Waals surface area contributed by atoms with E-state index in [1.807, 2.05) is 41.5 Å². The molecular weight excluding hydrogens is 283 g/mol. The Bertz CT molecular complexity index is 463. The molecule has 1 saturated heterocycles. The topological polar surface area (TPSA) is 61.8 Å². The number of allylic oxidation sites excluding steroid dienone is 1. The van der Waals surface area contributed by atoms with Crippen molar-refractivity contribution in [3.63, 3.8) is 0 Å². The number of carbonyl (C=O) groups excluding carboxylic acids is 2. The van der Waals surface area contributed by atoms with Crippen LogP contribution in [0.15, 0.2) is 12.1 Å². The molecular formula is C16H27BO5. The summed E-state index contributed by atoms with van der Waals surface area (Å²) in [6.45, 7) is 12.9.